The van der Waals surface area contributed by atoms with Gasteiger partial charge in [0.2, 0.25) is 0 Å². The molecule has 0 saturated carbocycles. The number of fused-ring (bicyclic) bond motifs is 1. The molecule has 3 aromatic rings. The van der Waals surface area contributed by atoms with Gasteiger partial charge < -0.3 is 4.90 Å². The molecule has 0 radical (unpaired) electrons. The molecule has 1 atom stereocenters. The molecule has 1 heterocycles. The summed E-state index contributed by atoms with van der Waals surface area (Å²) in [7, 11) is 0. The van der Waals surface area contributed by atoms with E-state index >= 15 is 0 Å². The standard InChI is InChI=1S/C26H28N2/c1-5-26(20-14-8-6-9-15-20)24(27-21-16-10-7-11-17-21)22-18-12-13-19-23(22)28(26)25(2,3)4/h6-19H,5H2,1-4H3/b27-24-. The maximum atomic E-state index is 5.24. The second kappa shape index (κ2) is 6.94. The lowest BCUT2D eigenvalue weighted by Crippen LogP contribution is -2.56. The molecule has 2 heteroatoms. The summed E-state index contributed by atoms with van der Waals surface area (Å²) in [5.74, 6) is 0. The summed E-state index contributed by atoms with van der Waals surface area (Å²) in [4.78, 5) is 7.81. The van der Waals surface area contributed by atoms with Crippen LogP contribution in [0.5, 0.6) is 0 Å². The van der Waals surface area contributed by atoms with Gasteiger partial charge in [-0.05, 0) is 51.0 Å². The van der Waals surface area contributed by atoms with Crippen LogP contribution in [0.15, 0.2) is 89.9 Å². The predicted octanol–water partition coefficient (Wildman–Crippen LogP) is 6.73. The highest BCUT2D eigenvalue weighted by Crippen LogP contribution is 2.51. The molecule has 0 aliphatic carbocycles. The van der Waals surface area contributed by atoms with Gasteiger partial charge in [0.15, 0.2) is 0 Å². The summed E-state index contributed by atoms with van der Waals surface area (Å²) in [6, 6.07) is 29.9. The van der Waals surface area contributed by atoms with Crippen molar-refractivity contribution in [3.63, 3.8) is 0 Å². The number of anilines is 1. The van der Waals surface area contributed by atoms with Crippen LogP contribution in [0.1, 0.15) is 45.2 Å². The highest BCUT2D eigenvalue weighted by Gasteiger charge is 2.52. The highest BCUT2D eigenvalue weighted by molar-refractivity contribution is 6.18. The molecule has 0 bridgehead atoms. The minimum Gasteiger partial charge on any atom is -0.351 e. The van der Waals surface area contributed by atoms with Crippen molar-refractivity contribution < 1.29 is 0 Å². The predicted molar refractivity (Wildman–Crippen MR) is 120 cm³/mol. The molecule has 0 spiro atoms. The summed E-state index contributed by atoms with van der Waals surface area (Å²) in [6.07, 6.45) is 0.939. The average molecular weight is 369 g/mol. The molecule has 0 amide bonds. The van der Waals surface area contributed by atoms with Crippen LogP contribution in [0.3, 0.4) is 0 Å². The first-order chi connectivity index (χ1) is 13.5. The van der Waals surface area contributed by atoms with E-state index in [0.717, 1.165) is 17.8 Å². The molecule has 0 saturated heterocycles. The van der Waals surface area contributed by atoms with Gasteiger partial charge in [0.25, 0.3) is 0 Å². The van der Waals surface area contributed by atoms with Gasteiger partial charge in [-0.15, -0.1) is 0 Å². The molecule has 142 valence electrons. The molecule has 1 unspecified atom stereocenters. The lowest BCUT2D eigenvalue weighted by Gasteiger charge is -2.48. The van der Waals surface area contributed by atoms with Gasteiger partial charge in [-0.3, -0.25) is 0 Å². The SMILES string of the molecule is CCC1(c2ccccc2)/C(=N\c2ccccc2)c2ccccc2N1C(C)(C)C. The first-order valence-corrected chi connectivity index (χ1v) is 10.1. The van der Waals surface area contributed by atoms with Crippen molar-refractivity contribution in [3.8, 4) is 0 Å². The fourth-order valence-electron chi connectivity index (χ4n) is 4.63. The minimum absolute atomic E-state index is 0.0596. The van der Waals surface area contributed by atoms with Crippen molar-refractivity contribution >= 4 is 17.1 Å². The van der Waals surface area contributed by atoms with Crippen LogP contribution >= 0.6 is 0 Å². The lowest BCUT2D eigenvalue weighted by atomic mass is 9.79. The quantitative estimate of drug-likeness (QED) is 0.500. The van der Waals surface area contributed by atoms with Crippen LogP contribution in [-0.2, 0) is 5.54 Å². The Labute approximate surface area is 168 Å². The third-order valence-corrected chi connectivity index (χ3v) is 5.60. The maximum Gasteiger partial charge on any atom is 0.109 e. The zero-order valence-corrected chi connectivity index (χ0v) is 17.2. The normalized spacial score (nSPS) is 20.4. The fraction of sp³-hybridized carbons (Fsp3) is 0.269. The van der Waals surface area contributed by atoms with E-state index in [0.29, 0.717) is 0 Å². The highest BCUT2D eigenvalue weighted by atomic mass is 15.3. The van der Waals surface area contributed by atoms with Gasteiger partial charge in [-0.1, -0.05) is 73.7 Å². The molecule has 1 aliphatic heterocycles. The Morgan fingerprint density at radius 3 is 1.96 bits per heavy atom. The maximum absolute atomic E-state index is 5.24. The van der Waals surface area contributed by atoms with Gasteiger partial charge in [0, 0.05) is 16.8 Å². The average Bonchev–Trinajstić information content (AvgIpc) is 3.00. The summed E-state index contributed by atoms with van der Waals surface area (Å²) in [5.41, 5.74) is 5.55. The Balaban J connectivity index is 2.08. The Morgan fingerprint density at radius 1 is 0.786 bits per heavy atom. The van der Waals surface area contributed by atoms with E-state index in [-0.39, 0.29) is 11.1 Å². The third-order valence-electron chi connectivity index (χ3n) is 5.60. The molecule has 4 rings (SSSR count). The fourth-order valence-corrected chi connectivity index (χ4v) is 4.63. The second-order valence-electron chi connectivity index (χ2n) is 8.40. The monoisotopic (exact) mass is 368 g/mol. The Morgan fingerprint density at radius 2 is 1.36 bits per heavy atom. The van der Waals surface area contributed by atoms with E-state index in [2.05, 4.69) is 111 Å². The van der Waals surface area contributed by atoms with E-state index < -0.39 is 0 Å². The van der Waals surface area contributed by atoms with Crippen LogP contribution in [-0.4, -0.2) is 11.3 Å². The number of aliphatic imine (C=N–C) groups is 1. The summed E-state index contributed by atoms with van der Waals surface area (Å²) >= 11 is 0. The van der Waals surface area contributed by atoms with Crippen molar-refractivity contribution in [1.82, 2.24) is 0 Å². The Bertz CT molecular complexity index is 984. The van der Waals surface area contributed by atoms with E-state index in [9.17, 15) is 0 Å². The number of hydrogen-bond donors (Lipinski definition) is 0. The first kappa shape index (κ1) is 18.5. The van der Waals surface area contributed by atoms with Gasteiger partial charge in [0.1, 0.15) is 5.54 Å². The Hall–Kier alpha value is -2.87. The van der Waals surface area contributed by atoms with Crippen LogP contribution in [0.25, 0.3) is 0 Å². The second-order valence-corrected chi connectivity index (χ2v) is 8.40. The van der Waals surface area contributed by atoms with Gasteiger partial charge >= 0.3 is 0 Å². The first-order valence-electron chi connectivity index (χ1n) is 10.1. The van der Waals surface area contributed by atoms with E-state index in [1.165, 1.54) is 16.8 Å². The molecule has 2 nitrogen and oxygen atoms in total. The van der Waals surface area contributed by atoms with Crippen LogP contribution in [0.4, 0.5) is 11.4 Å². The molecule has 0 fully saturated rings. The molecule has 0 aromatic heterocycles. The Kier molecular flexibility index (Phi) is 4.58. The molecule has 1 aliphatic rings. The van der Waals surface area contributed by atoms with Crippen LogP contribution in [0, 0.1) is 0 Å². The van der Waals surface area contributed by atoms with Crippen molar-refractivity contribution in [2.75, 3.05) is 4.90 Å². The van der Waals surface area contributed by atoms with Gasteiger partial charge in [0.05, 0.1) is 11.4 Å². The lowest BCUT2D eigenvalue weighted by molar-refractivity contribution is 0.395. The molecular formula is C26H28N2. The van der Waals surface area contributed by atoms with Crippen molar-refractivity contribution in [2.24, 2.45) is 4.99 Å². The third kappa shape index (κ3) is 2.84. The van der Waals surface area contributed by atoms with Crippen molar-refractivity contribution in [1.29, 1.82) is 0 Å². The number of benzene rings is 3. The smallest absolute Gasteiger partial charge is 0.109 e. The largest absolute Gasteiger partial charge is 0.351 e. The summed E-state index contributed by atoms with van der Waals surface area (Å²) in [6.45, 7) is 9.16. The van der Waals surface area contributed by atoms with Gasteiger partial charge in [-0.25, -0.2) is 4.99 Å². The van der Waals surface area contributed by atoms with Crippen LogP contribution in [0.2, 0.25) is 0 Å². The topological polar surface area (TPSA) is 15.6 Å². The molecule has 0 N–H and O–H groups in total. The zero-order valence-electron chi connectivity index (χ0n) is 17.2. The number of hydrogen-bond acceptors (Lipinski definition) is 2. The van der Waals surface area contributed by atoms with E-state index in [1.54, 1.807) is 0 Å². The van der Waals surface area contributed by atoms with Crippen molar-refractivity contribution in [2.45, 2.75) is 45.2 Å². The molecule has 28 heavy (non-hydrogen) atoms. The van der Waals surface area contributed by atoms with Crippen LogP contribution < -0.4 is 4.90 Å². The van der Waals surface area contributed by atoms with E-state index in [4.69, 9.17) is 4.99 Å². The van der Waals surface area contributed by atoms with Gasteiger partial charge in [-0.2, -0.15) is 0 Å². The minimum atomic E-state index is -0.307. The number of nitrogens with zero attached hydrogens (tertiary/aromatic N) is 2. The zero-order chi connectivity index (χ0) is 19.8. The molecule has 3 aromatic carbocycles. The number of rotatable bonds is 3. The summed E-state index contributed by atoms with van der Waals surface area (Å²) in [5, 5.41) is 0. The molecular weight excluding hydrogens is 340 g/mol. The van der Waals surface area contributed by atoms with Crippen molar-refractivity contribution in [3.05, 3.63) is 96.1 Å². The summed E-state index contributed by atoms with van der Waals surface area (Å²) < 4.78 is 0. The number of para-hydroxylation sites is 2. The van der Waals surface area contributed by atoms with E-state index in [1.807, 2.05) is 6.07 Å².